The third-order valence-corrected chi connectivity index (χ3v) is 5.87. The van der Waals surface area contributed by atoms with E-state index < -0.39 is 0 Å². The first-order valence-electron chi connectivity index (χ1n) is 10.9. The topological polar surface area (TPSA) is 98.6 Å². The van der Waals surface area contributed by atoms with E-state index in [2.05, 4.69) is 16.7 Å². The molecule has 4 aromatic rings. The minimum atomic E-state index is -0.0658. The number of rotatable bonds is 5. The summed E-state index contributed by atoms with van der Waals surface area (Å²) in [5.74, 6) is 2.61. The monoisotopic (exact) mass is 440 g/mol. The van der Waals surface area contributed by atoms with Gasteiger partial charge in [0.05, 0.1) is 0 Å². The highest BCUT2D eigenvalue weighted by Gasteiger charge is 2.29. The van der Waals surface area contributed by atoms with Crippen LogP contribution in [-0.2, 0) is 4.79 Å². The van der Waals surface area contributed by atoms with E-state index in [9.17, 15) is 4.79 Å². The molecule has 8 nitrogen and oxygen atoms in total. The van der Waals surface area contributed by atoms with E-state index in [-0.39, 0.29) is 11.8 Å². The number of hydrogen-bond donors (Lipinski definition) is 1. The number of piperidine rings is 1. The van der Waals surface area contributed by atoms with Crippen LogP contribution in [0, 0.1) is 0 Å². The van der Waals surface area contributed by atoms with E-state index in [0.29, 0.717) is 23.6 Å². The van der Waals surface area contributed by atoms with Crippen LogP contribution < -0.4 is 10.5 Å². The highest BCUT2D eigenvalue weighted by Crippen LogP contribution is 2.34. The highest BCUT2D eigenvalue weighted by molar-refractivity contribution is 5.87. The Labute approximate surface area is 191 Å². The highest BCUT2D eigenvalue weighted by atomic mass is 16.5. The second kappa shape index (κ2) is 8.74. The lowest BCUT2D eigenvalue weighted by molar-refractivity contribution is -0.127. The van der Waals surface area contributed by atoms with E-state index in [1.54, 1.807) is 4.52 Å². The predicted octanol–water partition coefficient (Wildman–Crippen LogP) is 4.06. The van der Waals surface area contributed by atoms with Gasteiger partial charge >= 0.3 is 0 Å². The lowest BCUT2D eigenvalue weighted by Crippen LogP contribution is -2.38. The molecule has 0 aliphatic carbocycles. The zero-order valence-electron chi connectivity index (χ0n) is 18.1. The molecule has 0 bridgehead atoms. The summed E-state index contributed by atoms with van der Waals surface area (Å²) in [4.78, 5) is 23.1. The van der Waals surface area contributed by atoms with E-state index in [1.807, 2.05) is 59.5 Å². The van der Waals surface area contributed by atoms with Crippen molar-refractivity contribution >= 4 is 17.2 Å². The number of hydrogen-bond acceptors (Lipinski definition) is 6. The molecule has 166 valence electrons. The summed E-state index contributed by atoms with van der Waals surface area (Å²) < 4.78 is 7.67. The van der Waals surface area contributed by atoms with Crippen LogP contribution in [0.15, 0.2) is 73.6 Å². The van der Waals surface area contributed by atoms with Crippen molar-refractivity contribution < 1.29 is 9.53 Å². The number of nitrogens with zero attached hydrogens (tertiary/aromatic N) is 5. The lowest BCUT2D eigenvalue weighted by Gasteiger charge is -2.31. The van der Waals surface area contributed by atoms with Gasteiger partial charge in [-0.25, -0.2) is 14.5 Å². The smallest absolute Gasteiger partial charge is 0.245 e. The largest absolute Gasteiger partial charge is 0.457 e. The summed E-state index contributed by atoms with van der Waals surface area (Å²) in [5.41, 5.74) is 8.51. The van der Waals surface area contributed by atoms with E-state index in [4.69, 9.17) is 15.5 Å². The number of nitrogens with two attached hydrogens (primary N) is 1. The maximum Gasteiger partial charge on any atom is 0.245 e. The Kier molecular flexibility index (Phi) is 5.48. The van der Waals surface area contributed by atoms with Gasteiger partial charge in [-0.2, -0.15) is 5.10 Å². The molecule has 5 rings (SSSR count). The summed E-state index contributed by atoms with van der Waals surface area (Å²) in [6, 6.07) is 17.3. The maximum absolute atomic E-state index is 12.2. The molecule has 0 unspecified atom stereocenters. The zero-order chi connectivity index (χ0) is 22.8. The number of benzene rings is 2. The van der Waals surface area contributed by atoms with Crippen LogP contribution in [0.5, 0.6) is 11.5 Å². The summed E-state index contributed by atoms with van der Waals surface area (Å²) in [6.45, 7) is 4.90. The molecule has 2 aromatic heterocycles. The molecule has 0 spiro atoms. The molecule has 8 heteroatoms. The molecule has 33 heavy (non-hydrogen) atoms. The molecule has 1 aliphatic heterocycles. The number of anilines is 1. The molecule has 2 N–H and O–H groups in total. The standard InChI is InChI=1S/C25H24N6O2/c1-2-21(32)30-14-6-7-18(15-30)25-29-22(23-24(26)27-16-28-31(23)25)17-10-12-20(13-11-17)33-19-8-4-3-5-9-19/h2-5,8-13,16,18H,1,6-7,14-15H2,(H2,26,27,28)/t18-/m1/s1. The number of carbonyl (C=O) groups is 1. The Hall–Kier alpha value is -4.20. The number of aromatic nitrogens is 4. The van der Waals surface area contributed by atoms with Gasteiger partial charge in [-0.05, 0) is 55.3 Å². The van der Waals surface area contributed by atoms with Gasteiger partial charge in [0.15, 0.2) is 5.82 Å². The minimum Gasteiger partial charge on any atom is -0.457 e. The fourth-order valence-corrected chi connectivity index (χ4v) is 4.27. The van der Waals surface area contributed by atoms with Gasteiger partial charge < -0.3 is 15.4 Å². The van der Waals surface area contributed by atoms with Crippen LogP contribution in [0.1, 0.15) is 24.6 Å². The minimum absolute atomic E-state index is 0.0406. The number of nitrogen functional groups attached to an aromatic ring is 1. The molecular formula is C25H24N6O2. The number of carbonyl (C=O) groups excluding carboxylic acids is 1. The van der Waals surface area contributed by atoms with Gasteiger partial charge in [0, 0.05) is 24.6 Å². The van der Waals surface area contributed by atoms with E-state index >= 15 is 0 Å². The Morgan fingerprint density at radius 2 is 1.88 bits per heavy atom. The van der Waals surface area contributed by atoms with Crippen molar-refractivity contribution in [3.8, 4) is 22.8 Å². The quantitative estimate of drug-likeness (QED) is 0.470. The van der Waals surface area contributed by atoms with Crippen LogP contribution >= 0.6 is 0 Å². The molecule has 0 saturated carbocycles. The van der Waals surface area contributed by atoms with Gasteiger partial charge in [0.25, 0.3) is 0 Å². The number of amides is 1. The van der Waals surface area contributed by atoms with Crippen molar-refractivity contribution in [1.82, 2.24) is 24.5 Å². The third-order valence-electron chi connectivity index (χ3n) is 5.87. The Bertz CT molecular complexity index is 1300. The van der Waals surface area contributed by atoms with Crippen LogP contribution in [0.25, 0.3) is 16.8 Å². The first kappa shape index (κ1) is 20.7. The first-order chi connectivity index (χ1) is 16.1. The van der Waals surface area contributed by atoms with E-state index in [0.717, 1.165) is 42.3 Å². The van der Waals surface area contributed by atoms with Crippen molar-refractivity contribution in [2.75, 3.05) is 18.8 Å². The Morgan fingerprint density at radius 3 is 2.64 bits per heavy atom. The fraction of sp³-hybridized carbons (Fsp3) is 0.200. The third kappa shape index (κ3) is 4.03. The number of ether oxygens (including phenoxy) is 1. The van der Waals surface area contributed by atoms with Crippen molar-refractivity contribution in [2.24, 2.45) is 0 Å². The van der Waals surface area contributed by atoms with Crippen LogP contribution in [0.3, 0.4) is 0 Å². The lowest BCUT2D eigenvalue weighted by atomic mass is 9.97. The van der Waals surface area contributed by atoms with Crippen LogP contribution in [-0.4, -0.2) is 43.5 Å². The average molecular weight is 441 g/mol. The molecule has 1 saturated heterocycles. The van der Waals surface area contributed by atoms with Gasteiger partial charge in [0.2, 0.25) is 5.91 Å². The Morgan fingerprint density at radius 1 is 1.12 bits per heavy atom. The van der Waals surface area contributed by atoms with Crippen molar-refractivity contribution in [3.63, 3.8) is 0 Å². The molecule has 1 atom stereocenters. The van der Waals surface area contributed by atoms with Crippen LogP contribution in [0.2, 0.25) is 0 Å². The number of fused-ring (bicyclic) bond motifs is 1. The number of imidazole rings is 1. The van der Waals surface area contributed by atoms with Gasteiger partial charge in [-0.15, -0.1) is 0 Å². The zero-order valence-corrected chi connectivity index (χ0v) is 18.1. The number of likely N-dealkylation sites (tertiary alicyclic amines) is 1. The maximum atomic E-state index is 12.2. The van der Waals surface area contributed by atoms with Crippen molar-refractivity contribution in [1.29, 1.82) is 0 Å². The summed E-state index contributed by atoms with van der Waals surface area (Å²) in [6.07, 6.45) is 4.59. The average Bonchev–Trinajstić information content (AvgIpc) is 3.26. The Balaban J connectivity index is 1.50. The van der Waals surface area contributed by atoms with E-state index in [1.165, 1.54) is 12.4 Å². The molecule has 3 heterocycles. The normalized spacial score (nSPS) is 16.0. The van der Waals surface area contributed by atoms with Gasteiger partial charge in [-0.3, -0.25) is 4.79 Å². The SMILES string of the molecule is C=CC(=O)N1CCC[C@@H](c2nc(-c3ccc(Oc4ccccc4)cc3)c3c(N)ncnn23)C1. The molecule has 2 aromatic carbocycles. The predicted molar refractivity (Wildman–Crippen MR) is 126 cm³/mol. The number of para-hydroxylation sites is 1. The summed E-state index contributed by atoms with van der Waals surface area (Å²) in [5, 5.41) is 4.44. The molecule has 1 aliphatic rings. The summed E-state index contributed by atoms with van der Waals surface area (Å²) >= 11 is 0. The second-order valence-electron chi connectivity index (χ2n) is 7.99. The van der Waals surface area contributed by atoms with Gasteiger partial charge in [-0.1, -0.05) is 24.8 Å². The fourth-order valence-electron chi connectivity index (χ4n) is 4.27. The van der Waals surface area contributed by atoms with Crippen molar-refractivity contribution in [3.05, 3.63) is 79.4 Å². The molecule has 1 amide bonds. The molecule has 0 radical (unpaired) electrons. The second-order valence-corrected chi connectivity index (χ2v) is 7.99. The molecule has 1 fully saturated rings. The van der Waals surface area contributed by atoms with Crippen molar-refractivity contribution in [2.45, 2.75) is 18.8 Å². The molecular weight excluding hydrogens is 416 g/mol. The van der Waals surface area contributed by atoms with Crippen LogP contribution in [0.4, 0.5) is 5.82 Å². The van der Waals surface area contributed by atoms with Gasteiger partial charge in [0.1, 0.15) is 34.9 Å². The summed E-state index contributed by atoms with van der Waals surface area (Å²) in [7, 11) is 0. The first-order valence-corrected chi connectivity index (χ1v) is 10.9.